The third-order valence-electron chi connectivity index (χ3n) is 2.36. The molecule has 1 N–H and O–H groups in total. The van der Waals surface area contributed by atoms with Crippen molar-refractivity contribution >= 4 is 28.9 Å². The van der Waals surface area contributed by atoms with Gasteiger partial charge in [0.1, 0.15) is 12.6 Å². The van der Waals surface area contributed by atoms with Crippen LogP contribution in [0.25, 0.3) is 0 Å². The fraction of sp³-hybridized carbons (Fsp3) is 0.308. The Morgan fingerprint density at radius 3 is 2.45 bits per heavy atom. The van der Waals surface area contributed by atoms with Crippen LogP contribution in [-0.4, -0.2) is 30.5 Å². The highest BCUT2D eigenvalue weighted by Crippen LogP contribution is 2.03. The van der Waals surface area contributed by atoms with Crippen molar-refractivity contribution in [2.75, 3.05) is 7.11 Å². The van der Waals surface area contributed by atoms with E-state index in [0.717, 1.165) is 12.7 Å². The molecule has 0 saturated carbocycles. The summed E-state index contributed by atoms with van der Waals surface area (Å²) in [6.45, 7) is 0.0510. The molecule has 1 aromatic rings. The minimum atomic E-state index is -1.16. The fourth-order valence-corrected chi connectivity index (χ4v) is 1.56. The second kappa shape index (κ2) is 8.16. The summed E-state index contributed by atoms with van der Waals surface area (Å²) < 4.78 is 9.38. The van der Waals surface area contributed by atoms with Gasteiger partial charge in [-0.25, -0.2) is 9.59 Å². The molecular formula is C13H14ClNO5. The molecule has 0 heterocycles. The lowest BCUT2D eigenvalue weighted by molar-refractivity contribution is -0.144. The number of halogens is 1. The zero-order valence-electron chi connectivity index (χ0n) is 10.8. The average molecular weight is 300 g/mol. The van der Waals surface area contributed by atoms with E-state index in [-0.39, 0.29) is 13.0 Å². The molecule has 0 fully saturated rings. The Balaban J connectivity index is 2.49. The molecule has 108 valence electrons. The number of benzene rings is 1. The van der Waals surface area contributed by atoms with Gasteiger partial charge < -0.3 is 14.8 Å². The summed E-state index contributed by atoms with van der Waals surface area (Å²) in [5.41, 5.74) is 0.797. The Labute approximate surface area is 121 Å². The summed E-state index contributed by atoms with van der Waals surface area (Å²) in [5.74, 6) is -0.768. The van der Waals surface area contributed by atoms with Crippen molar-refractivity contribution in [2.45, 2.75) is 19.1 Å². The zero-order valence-corrected chi connectivity index (χ0v) is 11.6. The molecule has 0 radical (unpaired) electrons. The summed E-state index contributed by atoms with van der Waals surface area (Å²) in [4.78, 5) is 33.7. The Kier molecular flexibility index (Phi) is 6.52. The van der Waals surface area contributed by atoms with E-state index in [0.29, 0.717) is 0 Å². The Morgan fingerprint density at radius 2 is 1.90 bits per heavy atom. The van der Waals surface area contributed by atoms with E-state index >= 15 is 0 Å². The molecule has 0 aliphatic heterocycles. The first kappa shape index (κ1) is 16.0. The van der Waals surface area contributed by atoms with Gasteiger partial charge in [-0.15, -0.1) is 0 Å². The maximum atomic E-state index is 11.5. The molecule has 0 aliphatic carbocycles. The van der Waals surface area contributed by atoms with Crippen molar-refractivity contribution in [1.29, 1.82) is 0 Å². The first-order chi connectivity index (χ1) is 9.52. The minimum Gasteiger partial charge on any atom is -0.467 e. The van der Waals surface area contributed by atoms with E-state index in [2.05, 4.69) is 10.1 Å². The number of carbonyl (C=O) groups excluding carboxylic acids is 3. The maximum absolute atomic E-state index is 11.5. The summed E-state index contributed by atoms with van der Waals surface area (Å²) >= 11 is 5.19. The van der Waals surface area contributed by atoms with Crippen LogP contribution in [0.4, 0.5) is 4.79 Å². The summed E-state index contributed by atoms with van der Waals surface area (Å²) in [6.07, 6.45) is -1.20. The number of esters is 1. The number of nitrogens with one attached hydrogen (secondary N) is 1. The minimum absolute atomic E-state index is 0.0510. The third kappa shape index (κ3) is 5.71. The molecule has 1 atom stereocenters. The van der Waals surface area contributed by atoms with Crippen molar-refractivity contribution in [3.8, 4) is 0 Å². The number of hydrogen-bond acceptors (Lipinski definition) is 5. The largest absolute Gasteiger partial charge is 0.467 e. The quantitative estimate of drug-likeness (QED) is 0.637. The molecule has 0 aromatic heterocycles. The van der Waals surface area contributed by atoms with Crippen LogP contribution in [0.3, 0.4) is 0 Å². The molecule has 0 spiro atoms. The van der Waals surface area contributed by atoms with Crippen molar-refractivity contribution < 1.29 is 23.9 Å². The fourth-order valence-electron chi connectivity index (χ4n) is 1.40. The normalized spacial score (nSPS) is 11.3. The van der Waals surface area contributed by atoms with Gasteiger partial charge in [0.25, 0.3) is 0 Å². The molecule has 0 bridgehead atoms. The van der Waals surface area contributed by atoms with E-state index in [1.54, 1.807) is 24.3 Å². The molecule has 6 nitrogen and oxygen atoms in total. The zero-order chi connectivity index (χ0) is 15.0. The van der Waals surface area contributed by atoms with Gasteiger partial charge in [0, 0.05) is 0 Å². The number of methoxy groups -OCH3 is 1. The van der Waals surface area contributed by atoms with Gasteiger partial charge in [-0.2, -0.15) is 0 Å². The lowest BCUT2D eigenvalue weighted by Gasteiger charge is -2.14. The van der Waals surface area contributed by atoms with Crippen LogP contribution < -0.4 is 5.32 Å². The number of hydrogen-bond donors (Lipinski definition) is 1. The van der Waals surface area contributed by atoms with Crippen LogP contribution in [0.5, 0.6) is 0 Å². The van der Waals surface area contributed by atoms with Crippen LogP contribution >= 0.6 is 11.6 Å². The van der Waals surface area contributed by atoms with Gasteiger partial charge in [0.05, 0.1) is 13.5 Å². The van der Waals surface area contributed by atoms with Gasteiger partial charge in [-0.1, -0.05) is 30.3 Å². The summed E-state index contributed by atoms with van der Waals surface area (Å²) in [6, 6.07) is 7.86. The Morgan fingerprint density at radius 1 is 1.25 bits per heavy atom. The van der Waals surface area contributed by atoms with E-state index in [1.165, 1.54) is 0 Å². The molecule has 20 heavy (non-hydrogen) atoms. The molecule has 7 heteroatoms. The Bertz CT molecular complexity index is 477. The van der Waals surface area contributed by atoms with E-state index in [1.807, 2.05) is 6.07 Å². The Hall–Kier alpha value is -2.08. The van der Waals surface area contributed by atoms with Gasteiger partial charge in [0.15, 0.2) is 0 Å². The predicted octanol–water partition coefficient (Wildman–Crippen LogP) is 1.61. The van der Waals surface area contributed by atoms with Crippen LogP contribution in [0.1, 0.15) is 12.0 Å². The summed E-state index contributed by atoms with van der Waals surface area (Å²) in [7, 11) is 1.14. The molecule has 1 unspecified atom stereocenters. The van der Waals surface area contributed by atoms with Gasteiger partial charge in [-0.05, 0) is 17.2 Å². The molecule has 1 aromatic carbocycles. The van der Waals surface area contributed by atoms with E-state index < -0.39 is 23.3 Å². The SMILES string of the molecule is COC(=O)C(CC(=O)Cl)NC(=O)OCc1ccccc1. The second-order valence-corrected chi connectivity index (χ2v) is 4.26. The van der Waals surface area contributed by atoms with Crippen molar-refractivity contribution in [3.63, 3.8) is 0 Å². The lowest BCUT2D eigenvalue weighted by atomic mass is 10.2. The lowest BCUT2D eigenvalue weighted by Crippen LogP contribution is -2.42. The first-order valence-electron chi connectivity index (χ1n) is 5.76. The van der Waals surface area contributed by atoms with Crippen molar-refractivity contribution in [1.82, 2.24) is 5.32 Å². The smallest absolute Gasteiger partial charge is 0.408 e. The second-order valence-electron chi connectivity index (χ2n) is 3.84. The van der Waals surface area contributed by atoms with Crippen LogP contribution in [0, 0.1) is 0 Å². The molecular weight excluding hydrogens is 286 g/mol. The van der Waals surface area contributed by atoms with Gasteiger partial charge in [-0.3, -0.25) is 4.79 Å². The number of amides is 1. The topological polar surface area (TPSA) is 81.7 Å². The monoisotopic (exact) mass is 299 g/mol. The number of rotatable bonds is 6. The van der Waals surface area contributed by atoms with E-state index in [4.69, 9.17) is 16.3 Å². The number of alkyl carbamates (subject to hydrolysis) is 1. The molecule has 0 aliphatic rings. The molecule has 1 amide bonds. The van der Waals surface area contributed by atoms with Crippen LogP contribution in [-0.2, 0) is 25.7 Å². The van der Waals surface area contributed by atoms with Crippen LogP contribution in [0.2, 0.25) is 0 Å². The van der Waals surface area contributed by atoms with Crippen molar-refractivity contribution in [2.24, 2.45) is 0 Å². The standard InChI is InChI=1S/C13H14ClNO5/c1-19-12(17)10(7-11(14)16)15-13(18)20-8-9-5-3-2-4-6-9/h2-6,10H,7-8H2,1H3,(H,15,18). The van der Waals surface area contributed by atoms with Gasteiger partial charge >= 0.3 is 12.1 Å². The maximum Gasteiger partial charge on any atom is 0.408 e. The molecule has 0 saturated heterocycles. The van der Waals surface area contributed by atoms with E-state index in [9.17, 15) is 14.4 Å². The van der Waals surface area contributed by atoms with Gasteiger partial charge in [0.2, 0.25) is 5.24 Å². The highest BCUT2D eigenvalue weighted by Gasteiger charge is 2.24. The van der Waals surface area contributed by atoms with Crippen LogP contribution in [0.15, 0.2) is 30.3 Å². The number of carbonyl (C=O) groups is 3. The third-order valence-corrected chi connectivity index (χ3v) is 2.51. The van der Waals surface area contributed by atoms with Crippen molar-refractivity contribution in [3.05, 3.63) is 35.9 Å². The first-order valence-corrected chi connectivity index (χ1v) is 6.14. The highest BCUT2D eigenvalue weighted by molar-refractivity contribution is 6.63. The average Bonchev–Trinajstić information content (AvgIpc) is 2.44. The summed E-state index contributed by atoms with van der Waals surface area (Å²) in [5, 5.41) is 1.47. The highest BCUT2D eigenvalue weighted by atomic mass is 35.5. The predicted molar refractivity (Wildman–Crippen MR) is 71.0 cm³/mol. The molecule has 1 rings (SSSR count). The number of ether oxygens (including phenoxy) is 2.